The number of hydrogen-bond acceptors (Lipinski definition) is 5. The summed E-state index contributed by atoms with van der Waals surface area (Å²) in [4.78, 5) is 32.7. The molecule has 1 atom stereocenters. The van der Waals surface area contributed by atoms with Gasteiger partial charge in [0.05, 0.1) is 6.04 Å². The first kappa shape index (κ1) is 19.2. The van der Waals surface area contributed by atoms with Gasteiger partial charge in [-0.3, -0.25) is 9.59 Å². The largest absolute Gasteiger partial charge is 0.348 e. The van der Waals surface area contributed by atoms with Crippen LogP contribution in [0.5, 0.6) is 0 Å². The van der Waals surface area contributed by atoms with Crippen LogP contribution in [-0.4, -0.2) is 21.7 Å². The minimum absolute atomic E-state index is 0.00182. The van der Waals surface area contributed by atoms with E-state index in [1.165, 1.54) is 6.92 Å². The third kappa shape index (κ3) is 4.79. The quantitative estimate of drug-likeness (QED) is 0.624. The molecule has 2 aromatic carbocycles. The normalized spacial score (nSPS) is 11.5. The van der Waals surface area contributed by atoms with Crippen LogP contribution in [0.4, 0.5) is 11.6 Å². The van der Waals surface area contributed by atoms with E-state index in [0.29, 0.717) is 22.9 Å². The minimum atomic E-state index is -0.337. The van der Waals surface area contributed by atoms with E-state index in [1.54, 1.807) is 30.3 Å². The molecule has 2 N–H and O–H groups in total. The maximum Gasteiger partial charge on any atom is 0.274 e. The Morgan fingerprint density at radius 1 is 0.964 bits per heavy atom. The van der Waals surface area contributed by atoms with Crippen LogP contribution in [0.2, 0.25) is 0 Å². The van der Waals surface area contributed by atoms with Crippen LogP contribution in [0.1, 0.15) is 52.0 Å². The zero-order chi connectivity index (χ0) is 20.1. The molecule has 1 unspecified atom stereocenters. The molecular formula is C22H22N4O2. The zero-order valence-corrected chi connectivity index (χ0v) is 16.1. The summed E-state index contributed by atoms with van der Waals surface area (Å²) >= 11 is 0. The molecule has 0 saturated carbocycles. The van der Waals surface area contributed by atoms with Gasteiger partial charge in [-0.25, -0.2) is 9.97 Å². The SMILES string of the molecule is CC(=O)c1ccc(NC(=O)c2cc(C)nc(NC(C)c3ccccc3)n2)cc1. The number of aromatic nitrogens is 2. The number of nitrogens with one attached hydrogen (secondary N) is 2. The lowest BCUT2D eigenvalue weighted by Crippen LogP contribution is -2.17. The van der Waals surface area contributed by atoms with Crippen molar-refractivity contribution in [2.45, 2.75) is 26.8 Å². The lowest BCUT2D eigenvalue weighted by molar-refractivity contribution is 0.101. The number of amides is 1. The van der Waals surface area contributed by atoms with Crippen molar-refractivity contribution in [3.8, 4) is 0 Å². The molecule has 0 spiro atoms. The second kappa shape index (κ2) is 8.43. The van der Waals surface area contributed by atoms with Crippen LogP contribution < -0.4 is 10.6 Å². The summed E-state index contributed by atoms with van der Waals surface area (Å²) in [6.45, 7) is 5.33. The molecule has 3 rings (SSSR count). The maximum atomic E-state index is 12.6. The Hall–Kier alpha value is -3.54. The average Bonchev–Trinajstić information content (AvgIpc) is 2.68. The van der Waals surface area contributed by atoms with Gasteiger partial charge < -0.3 is 10.6 Å². The van der Waals surface area contributed by atoms with Gasteiger partial charge in [0, 0.05) is 16.9 Å². The third-order valence-corrected chi connectivity index (χ3v) is 4.28. The first-order valence-electron chi connectivity index (χ1n) is 9.02. The number of carbonyl (C=O) groups is 2. The Morgan fingerprint density at radius 2 is 1.64 bits per heavy atom. The van der Waals surface area contributed by atoms with E-state index in [2.05, 4.69) is 20.6 Å². The average molecular weight is 374 g/mol. The van der Waals surface area contributed by atoms with E-state index in [-0.39, 0.29) is 23.4 Å². The molecule has 142 valence electrons. The zero-order valence-electron chi connectivity index (χ0n) is 16.1. The Labute approximate surface area is 164 Å². The standard InChI is InChI=1S/C22H22N4O2/c1-14-13-20(21(28)25-19-11-9-18(10-12-19)16(3)27)26-22(23-14)24-15(2)17-7-5-4-6-8-17/h4-13,15H,1-3H3,(H,25,28)(H,23,24,26). The number of carbonyl (C=O) groups excluding carboxylic acids is 2. The van der Waals surface area contributed by atoms with E-state index in [1.807, 2.05) is 44.2 Å². The van der Waals surface area contributed by atoms with Crippen LogP contribution in [0, 0.1) is 6.92 Å². The summed E-state index contributed by atoms with van der Waals surface area (Å²) in [6.07, 6.45) is 0. The monoisotopic (exact) mass is 374 g/mol. The molecule has 1 aromatic heterocycles. The topological polar surface area (TPSA) is 84.0 Å². The van der Waals surface area contributed by atoms with Crippen molar-refractivity contribution in [2.75, 3.05) is 10.6 Å². The third-order valence-electron chi connectivity index (χ3n) is 4.28. The van der Waals surface area contributed by atoms with Crippen LogP contribution in [-0.2, 0) is 0 Å². The van der Waals surface area contributed by atoms with Crippen LogP contribution in [0.3, 0.4) is 0 Å². The number of ketones is 1. The summed E-state index contributed by atoms with van der Waals surface area (Å²) in [5.41, 5.74) is 3.25. The minimum Gasteiger partial charge on any atom is -0.348 e. The highest BCUT2D eigenvalue weighted by Gasteiger charge is 2.13. The van der Waals surface area contributed by atoms with Gasteiger partial charge in [0.1, 0.15) is 5.69 Å². The highest BCUT2D eigenvalue weighted by molar-refractivity contribution is 6.03. The second-order valence-electron chi connectivity index (χ2n) is 6.58. The summed E-state index contributed by atoms with van der Waals surface area (Å²) in [7, 11) is 0. The fraction of sp³-hybridized carbons (Fsp3) is 0.182. The fourth-order valence-corrected chi connectivity index (χ4v) is 2.75. The predicted molar refractivity (Wildman–Crippen MR) is 110 cm³/mol. The highest BCUT2D eigenvalue weighted by Crippen LogP contribution is 2.18. The molecule has 6 heteroatoms. The summed E-state index contributed by atoms with van der Waals surface area (Å²) < 4.78 is 0. The molecule has 3 aromatic rings. The van der Waals surface area contributed by atoms with Gasteiger partial charge in [-0.15, -0.1) is 0 Å². The van der Waals surface area contributed by atoms with Crippen molar-refractivity contribution in [1.29, 1.82) is 0 Å². The number of benzene rings is 2. The van der Waals surface area contributed by atoms with Gasteiger partial charge in [0.25, 0.3) is 5.91 Å². The number of anilines is 2. The van der Waals surface area contributed by atoms with Gasteiger partial charge in [-0.1, -0.05) is 30.3 Å². The number of nitrogens with zero attached hydrogens (tertiary/aromatic N) is 2. The predicted octanol–water partition coefficient (Wildman–Crippen LogP) is 4.41. The number of aryl methyl sites for hydroxylation is 1. The van der Waals surface area contributed by atoms with Crippen LogP contribution >= 0.6 is 0 Å². The van der Waals surface area contributed by atoms with Crippen molar-refractivity contribution in [1.82, 2.24) is 9.97 Å². The van der Waals surface area contributed by atoms with Gasteiger partial charge in [-0.05, 0) is 56.7 Å². The van der Waals surface area contributed by atoms with E-state index >= 15 is 0 Å². The van der Waals surface area contributed by atoms with Crippen molar-refractivity contribution < 1.29 is 9.59 Å². The second-order valence-corrected chi connectivity index (χ2v) is 6.58. The van der Waals surface area contributed by atoms with Gasteiger partial charge >= 0.3 is 0 Å². The molecule has 0 radical (unpaired) electrons. The molecule has 0 aliphatic carbocycles. The van der Waals surface area contributed by atoms with Crippen molar-refractivity contribution in [3.63, 3.8) is 0 Å². The van der Waals surface area contributed by atoms with Gasteiger partial charge in [0.2, 0.25) is 5.95 Å². The number of Topliss-reactive ketones (excluding diaryl/α,β-unsaturated/α-hetero) is 1. The van der Waals surface area contributed by atoms with Gasteiger partial charge in [0.15, 0.2) is 5.78 Å². The molecule has 28 heavy (non-hydrogen) atoms. The summed E-state index contributed by atoms with van der Waals surface area (Å²) in [6, 6.07) is 18.3. The molecule has 0 aliphatic rings. The molecule has 0 aliphatic heterocycles. The van der Waals surface area contributed by atoms with Crippen molar-refractivity contribution in [3.05, 3.63) is 83.2 Å². The lowest BCUT2D eigenvalue weighted by Gasteiger charge is -2.15. The van der Waals surface area contributed by atoms with Crippen molar-refractivity contribution >= 4 is 23.3 Å². The first-order chi connectivity index (χ1) is 13.4. The summed E-state index contributed by atoms with van der Waals surface area (Å²) in [5.74, 6) is 0.0393. The lowest BCUT2D eigenvalue weighted by atomic mass is 10.1. The van der Waals surface area contributed by atoms with Gasteiger partial charge in [-0.2, -0.15) is 0 Å². The Balaban J connectivity index is 1.74. The molecule has 6 nitrogen and oxygen atoms in total. The molecule has 0 bridgehead atoms. The Morgan fingerprint density at radius 3 is 2.29 bits per heavy atom. The summed E-state index contributed by atoms with van der Waals surface area (Å²) in [5, 5.41) is 6.03. The van der Waals surface area contributed by atoms with Crippen LogP contribution in [0.25, 0.3) is 0 Å². The van der Waals surface area contributed by atoms with E-state index in [4.69, 9.17) is 0 Å². The Bertz CT molecular complexity index is 985. The molecule has 0 fully saturated rings. The molecule has 0 saturated heterocycles. The van der Waals surface area contributed by atoms with E-state index in [9.17, 15) is 9.59 Å². The molecular weight excluding hydrogens is 352 g/mol. The first-order valence-corrected chi connectivity index (χ1v) is 9.02. The van der Waals surface area contributed by atoms with Crippen molar-refractivity contribution in [2.24, 2.45) is 0 Å². The fourth-order valence-electron chi connectivity index (χ4n) is 2.75. The number of rotatable bonds is 6. The number of hydrogen-bond donors (Lipinski definition) is 2. The highest BCUT2D eigenvalue weighted by atomic mass is 16.2. The van der Waals surface area contributed by atoms with E-state index < -0.39 is 0 Å². The molecule has 1 amide bonds. The smallest absolute Gasteiger partial charge is 0.274 e. The molecule has 1 heterocycles. The Kier molecular flexibility index (Phi) is 5.79. The van der Waals surface area contributed by atoms with Crippen LogP contribution in [0.15, 0.2) is 60.7 Å². The maximum absolute atomic E-state index is 12.6. The van der Waals surface area contributed by atoms with E-state index in [0.717, 1.165) is 5.56 Å².